The van der Waals surface area contributed by atoms with E-state index in [0.717, 1.165) is 0 Å². The second-order valence-electron chi connectivity index (χ2n) is 7.44. The lowest BCUT2D eigenvalue weighted by Crippen LogP contribution is -2.33. The Morgan fingerprint density at radius 2 is 2.17 bits per heavy atom. The van der Waals surface area contributed by atoms with Gasteiger partial charge in [0.15, 0.2) is 0 Å². The predicted octanol–water partition coefficient (Wildman–Crippen LogP) is 1.33. The number of rotatable bonds is 9. The van der Waals surface area contributed by atoms with Crippen molar-refractivity contribution in [2.45, 2.75) is 32.2 Å². The van der Waals surface area contributed by atoms with Crippen LogP contribution in [0.15, 0.2) is 40.4 Å². The zero-order valence-electron chi connectivity index (χ0n) is 16.8. The second kappa shape index (κ2) is 8.40. The topological polar surface area (TPSA) is 164 Å². The molecule has 0 spiro atoms. The predicted molar refractivity (Wildman–Crippen MR) is 117 cm³/mol. The Morgan fingerprint density at radius 3 is 2.77 bits per heavy atom. The van der Waals surface area contributed by atoms with Crippen LogP contribution >= 0.6 is 0 Å². The van der Waals surface area contributed by atoms with E-state index in [1.807, 2.05) is 6.92 Å². The molecule has 0 bridgehead atoms. The Morgan fingerprint density at radius 1 is 1.43 bits per heavy atom. The molecule has 0 saturated heterocycles. The number of pyridine rings is 2. The van der Waals surface area contributed by atoms with E-state index in [-0.39, 0.29) is 17.8 Å². The zero-order chi connectivity index (χ0) is 21.9. The van der Waals surface area contributed by atoms with Gasteiger partial charge in [-0.3, -0.25) is 25.0 Å². The molecule has 1 unspecified atom stereocenters. The molecule has 1 aliphatic carbocycles. The van der Waals surface area contributed by atoms with Gasteiger partial charge in [-0.05, 0) is 31.9 Å². The molecular formula is C21H25N7O2. The number of primary amides is 1. The van der Waals surface area contributed by atoms with Gasteiger partial charge in [0.05, 0.1) is 34.6 Å². The Hall–Kier alpha value is -3.62. The van der Waals surface area contributed by atoms with E-state index in [1.54, 1.807) is 24.5 Å². The molecule has 2 heterocycles. The first kappa shape index (κ1) is 21.1. The van der Waals surface area contributed by atoms with Crippen molar-refractivity contribution in [1.29, 1.82) is 10.8 Å². The van der Waals surface area contributed by atoms with E-state index in [0.29, 0.717) is 41.9 Å². The van der Waals surface area contributed by atoms with Crippen LogP contribution in [0.25, 0.3) is 0 Å². The lowest BCUT2D eigenvalue weighted by molar-refractivity contribution is -0.123. The molecule has 0 aliphatic heterocycles. The summed E-state index contributed by atoms with van der Waals surface area (Å²) < 4.78 is 1.42. The third kappa shape index (κ3) is 4.19. The molecule has 3 rings (SSSR count). The van der Waals surface area contributed by atoms with Gasteiger partial charge in [0.1, 0.15) is 0 Å². The number of carbonyl (C=O) groups is 1. The maximum absolute atomic E-state index is 12.3. The fraction of sp³-hybridized carbons (Fsp3) is 0.333. The lowest BCUT2D eigenvalue weighted by atomic mass is 9.99. The highest BCUT2D eigenvalue weighted by atomic mass is 16.1. The number of carbonyl (C=O) groups excluding carboxylic acids is 1. The van der Waals surface area contributed by atoms with Crippen molar-refractivity contribution in [3.8, 4) is 0 Å². The third-order valence-corrected chi connectivity index (χ3v) is 5.32. The van der Waals surface area contributed by atoms with E-state index >= 15 is 0 Å². The van der Waals surface area contributed by atoms with Gasteiger partial charge in [-0.2, -0.15) is 0 Å². The summed E-state index contributed by atoms with van der Waals surface area (Å²) in [6.07, 6.45) is 7.18. The smallest absolute Gasteiger partial charge is 0.250 e. The molecule has 6 N–H and O–H groups in total. The summed E-state index contributed by atoms with van der Waals surface area (Å²) >= 11 is 0. The SMILES string of the molecule is CCN=CC(C=N)c1cc(C(=N)c2ccc(=O)n(CC3(C(N)=O)CC3)c2)c(N)cn1. The van der Waals surface area contributed by atoms with Crippen molar-refractivity contribution in [2.24, 2.45) is 16.1 Å². The molecule has 30 heavy (non-hydrogen) atoms. The summed E-state index contributed by atoms with van der Waals surface area (Å²) in [5.41, 5.74) is 12.5. The minimum atomic E-state index is -0.677. The minimum absolute atomic E-state index is 0.116. The summed E-state index contributed by atoms with van der Waals surface area (Å²) in [4.78, 5) is 32.4. The van der Waals surface area contributed by atoms with Crippen molar-refractivity contribution < 1.29 is 4.79 Å². The third-order valence-electron chi connectivity index (χ3n) is 5.32. The summed E-state index contributed by atoms with van der Waals surface area (Å²) in [6.45, 7) is 2.69. The van der Waals surface area contributed by atoms with Gasteiger partial charge >= 0.3 is 0 Å². The van der Waals surface area contributed by atoms with Gasteiger partial charge in [0, 0.05) is 48.9 Å². The Kier molecular flexibility index (Phi) is 5.91. The number of aliphatic imine (C=N–C) groups is 1. The molecule has 1 aliphatic rings. The Balaban J connectivity index is 1.95. The van der Waals surface area contributed by atoms with Crippen LogP contribution in [0.5, 0.6) is 0 Å². The molecule has 1 saturated carbocycles. The molecule has 1 amide bonds. The Labute approximate surface area is 173 Å². The number of hydrogen-bond donors (Lipinski definition) is 4. The van der Waals surface area contributed by atoms with Crippen LogP contribution in [0.4, 0.5) is 5.69 Å². The minimum Gasteiger partial charge on any atom is -0.397 e. The van der Waals surface area contributed by atoms with Crippen LogP contribution in [-0.2, 0) is 11.3 Å². The van der Waals surface area contributed by atoms with Crippen LogP contribution in [0, 0.1) is 16.2 Å². The van der Waals surface area contributed by atoms with Crippen molar-refractivity contribution >= 4 is 29.7 Å². The first-order valence-electron chi connectivity index (χ1n) is 9.67. The van der Waals surface area contributed by atoms with Crippen molar-refractivity contribution in [2.75, 3.05) is 12.3 Å². The summed E-state index contributed by atoms with van der Waals surface area (Å²) in [7, 11) is 0. The van der Waals surface area contributed by atoms with Gasteiger partial charge in [0.25, 0.3) is 5.56 Å². The normalized spacial score (nSPS) is 15.6. The number of hydrogen-bond acceptors (Lipinski definition) is 7. The maximum atomic E-state index is 12.3. The van der Waals surface area contributed by atoms with Crippen molar-refractivity contribution in [3.05, 3.63) is 57.8 Å². The Bertz CT molecular complexity index is 1080. The van der Waals surface area contributed by atoms with Crippen LogP contribution in [0.2, 0.25) is 0 Å². The number of anilines is 1. The molecule has 1 atom stereocenters. The van der Waals surface area contributed by atoms with E-state index < -0.39 is 17.2 Å². The summed E-state index contributed by atoms with van der Waals surface area (Å²) in [5.74, 6) is -0.833. The summed E-state index contributed by atoms with van der Waals surface area (Å²) in [5, 5.41) is 16.3. The van der Waals surface area contributed by atoms with E-state index in [9.17, 15) is 9.59 Å². The van der Waals surface area contributed by atoms with Crippen molar-refractivity contribution in [1.82, 2.24) is 9.55 Å². The molecule has 1 fully saturated rings. The second-order valence-corrected chi connectivity index (χ2v) is 7.44. The molecule has 0 aromatic carbocycles. The van der Waals surface area contributed by atoms with Gasteiger partial charge in [-0.15, -0.1) is 0 Å². The van der Waals surface area contributed by atoms with E-state index in [4.69, 9.17) is 22.3 Å². The molecule has 0 radical (unpaired) electrons. The number of nitrogens with zero attached hydrogens (tertiary/aromatic N) is 3. The number of nitrogen functional groups attached to an aromatic ring is 1. The molecule has 156 valence electrons. The maximum Gasteiger partial charge on any atom is 0.250 e. The van der Waals surface area contributed by atoms with E-state index in [2.05, 4.69) is 9.98 Å². The number of amides is 1. The van der Waals surface area contributed by atoms with Gasteiger partial charge in [0.2, 0.25) is 5.91 Å². The average molecular weight is 407 g/mol. The highest BCUT2D eigenvalue weighted by Crippen LogP contribution is 2.46. The summed E-state index contributed by atoms with van der Waals surface area (Å²) in [6, 6.07) is 4.58. The lowest BCUT2D eigenvalue weighted by Gasteiger charge is -2.15. The first-order valence-corrected chi connectivity index (χ1v) is 9.67. The fourth-order valence-electron chi connectivity index (χ4n) is 3.22. The van der Waals surface area contributed by atoms with Crippen LogP contribution in [0.3, 0.4) is 0 Å². The fourth-order valence-corrected chi connectivity index (χ4v) is 3.22. The monoisotopic (exact) mass is 407 g/mol. The molecule has 2 aromatic heterocycles. The highest BCUT2D eigenvalue weighted by molar-refractivity contribution is 6.13. The van der Waals surface area contributed by atoms with E-state index in [1.165, 1.54) is 23.0 Å². The zero-order valence-corrected chi connectivity index (χ0v) is 16.8. The molecular weight excluding hydrogens is 382 g/mol. The number of aromatic nitrogens is 2. The largest absolute Gasteiger partial charge is 0.397 e. The number of nitrogens with two attached hydrogens (primary N) is 2. The standard InChI is InChI=1S/C21H25N7O2/c1-2-26-9-14(8-22)17-7-15(16(23)10-27-17)19(24)13-3-4-18(29)28(11-13)12-21(5-6-21)20(25)30/h3-4,7-11,14,22,24H,2,5-6,12,23H2,1H3,(H2,25,30). The highest BCUT2D eigenvalue weighted by Gasteiger charge is 2.48. The average Bonchev–Trinajstić information content (AvgIpc) is 3.51. The number of nitrogens with one attached hydrogen (secondary N) is 2. The van der Waals surface area contributed by atoms with Crippen LogP contribution in [0.1, 0.15) is 42.5 Å². The molecule has 9 heteroatoms. The van der Waals surface area contributed by atoms with Crippen LogP contribution < -0.4 is 17.0 Å². The van der Waals surface area contributed by atoms with Gasteiger partial charge in [-0.25, -0.2) is 0 Å². The van der Waals surface area contributed by atoms with Gasteiger partial charge < -0.3 is 21.4 Å². The molecule has 9 nitrogen and oxygen atoms in total. The first-order chi connectivity index (χ1) is 14.3. The van der Waals surface area contributed by atoms with Gasteiger partial charge in [-0.1, -0.05) is 0 Å². The van der Waals surface area contributed by atoms with Crippen molar-refractivity contribution in [3.63, 3.8) is 0 Å². The quantitative estimate of drug-likeness (QED) is 0.461. The van der Waals surface area contributed by atoms with Crippen LogP contribution in [-0.4, -0.2) is 40.1 Å². The molecule has 2 aromatic rings.